The second-order valence-electron chi connectivity index (χ2n) is 5.45. The number of carbonyl (C=O) groups excluding carboxylic acids is 1. The second-order valence-corrected chi connectivity index (χ2v) is 6.37. The summed E-state index contributed by atoms with van der Waals surface area (Å²) in [7, 11) is 0. The maximum atomic E-state index is 12.2. The number of hydrogen-bond acceptors (Lipinski definition) is 4. The summed E-state index contributed by atoms with van der Waals surface area (Å²) < 4.78 is 0.703. The first-order valence-corrected chi connectivity index (χ1v) is 7.49. The van der Waals surface area contributed by atoms with Crippen molar-refractivity contribution in [1.82, 2.24) is 5.32 Å². The van der Waals surface area contributed by atoms with Crippen LogP contribution in [0.2, 0.25) is 0 Å². The monoisotopic (exact) mass is 357 g/mol. The molecule has 1 amide bonds. The zero-order valence-corrected chi connectivity index (χ0v) is 14.2. The first kappa shape index (κ1) is 17.4. The van der Waals surface area contributed by atoms with Crippen molar-refractivity contribution in [1.29, 1.82) is 0 Å². The van der Waals surface area contributed by atoms with E-state index in [1.54, 1.807) is 26.0 Å². The van der Waals surface area contributed by atoms with Crippen molar-refractivity contribution in [2.75, 3.05) is 5.32 Å². The molecule has 6 nitrogen and oxygen atoms in total. The quantitative estimate of drug-likeness (QED) is 0.603. The molecule has 0 aliphatic heterocycles. The molecule has 0 heterocycles. The number of nitrogens with zero attached hydrogens (tertiary/aromatic N) is 1. The molecule has 0 aromatic heterocycles. The number of amides is 1. The number of carbonyl (C=O) groups is 1. The average Bonchev–Trinajstić information content (AvgIpc) is 2.37. The lowest BCUT2D eigenvalue weighted by Gasteiger charge is -2.28. The zero-order valence-electron chi connectivity index (χ0n) is 12.6. The Hall–Kier alpha value is -1.63. The fourth-order valence-corrected chi connectivity index (χ4v) is 2.03. The Bertz CT molecular complexity index is 546. The van der Waals surface area contributed by atoms with Crippen molar-refractivity contribution in [3.8, 4) is 0 Å². The Balaban J connectivity index is 3.00. The fraction of sp³-hybridized carbons (Fsp3) is 0.500. The molecule has 0 saturated heterocycles. The van der Waals surface area contributed by atoms with Gasteiger partial charge in [0, 0.05) is 16.6 Å². The van der Waals surface area contributed by atoms with E-state index in [2.05, 4.69) is 26.6 Å². The minimum Gasteiger partial charge on any atom is -0.366 e. The molecule has 0 unspecified atom stereocenters. The normalized spacial score (nSPS) is 12.6. The van der Waals surface area contributed by atoms with Gasteiger partial charge >= 0.3 is 0 Å². The van der Waals surface area contributed by atoms with E-state index in [0.29, 0.717) is 10.2 Å². The van der Waals surface area contributed by atoms with Gasteiger partial charge in [-0.2, -0.15) is 0 Å². The van der Waals surface area contributed by atoms with Crippen LogP contribution in [-0.2, 0) is 4.79 Å². The maximum absolute atomic E-state index is 12.2. The molecule has 1 aromatic rings. The van der Waals surface area contributed by atoms with E-state index in [0.717, 1.165) is 6.42 Å². The predicted molar refractivity (Wildman–Crippen MR) is 86.4 cm³/mol. The highest BCUT2D eigenvalue weighted by atomic mass is 79.9. The summed E-state index contributed by atoms with van der Waals surface area (Å²) in [6.45, 7) is 7.27. The molecule has 1 atom stereocenters. The molecule has 0 bridgehead atoms. The summed E-state index contributed by atoms with van der Waals surface area (Å²) in [6, 6.07) is 4.64. The van der Waals surface area contributed by atoms with Crippen LogP contribution < -0.4 is 10.6 Å². The molecule has 1 rings (SSSR count). The lowest BCUT2D eigenvalue weighted by molar-refractivity contribution is -0.384. The third-order valence-corrected chi connectivity index (χ3v) is 3.65. The van der Waals surface area contributed by atoms with Crippen LogP contribution in [0.3, 0.4) is 0 Å². The SMILES string of the molecule is CC[C@@H](C)NC(=O)C(C)(C)Nc1cc(Br)ccc1[N+](=O)[O-]. The minimum atomic E-state index is -0.963. The van der Waals surface area contributed by atoms with Gasteiger partial charge in [0.15, 0.2) is 0 Å². The Labute approximate surface area is 132 Å². The number of rotatable bonds is 6. The van der Waals surface area contributed by atoms with E-state index in [-0.39, 0.29) is 17.6 Å². The lowest BCUT2D eigenvalue weighted by atomic mass is 10.0. The highest BCUT2D eigenvalue weighted by Crippen LogP contribution is 2.30. The second kappa shape index (κ2) is 6.89. The van der Waals surface area contributed by atoms with E-state index in [1.165, 1.54) is 6.07 Å². The molecule has 0 radical (unpaired) electrons. The van der Waals surface area contributed by atoms with Crippen LogP contribution in [0, 0.1) is 10.1 Å². The van der Waals surface area contributed by atoms with Crippen LogP contribution in [0.1, 0.15) is 34.1 Å². The standard InChI is InChI=1S/C14H20BrN3O3/c1-5-9(2)16-13(19)14(3,4)17-11-8-10(15)6-7-12(11)18(20)21/h6-9,17H,5H2,1-4H3,(H,16,19)/t9-/m1/s1. The van der Waals surface area contributed by atoms with Crippen LogP contribution in [0.25, 0.3) is 0 Å². The van der Waals surface area contributed by atoms with Gasteiger partial charge in [-0.3, -0.25) is 14.9 Å². The van der Waals surface area contributed by atoms with Gasteiger partial charge in [0.25, 0.3) is 5.69 Å². The van der Waals surface area contributed by atoms with E-state index in [9.17, 15) is 14.9 Å². The van der Waals surface area contributed by atoms with Gasteiger partial charge in [-0.1, -0.05) is 22.9 Å². The molecular weight excluding hydrogens is 338 g/mol. The Morgan fingerprint density at radius 2 is 2.10 bits per heavy atom. The number of nitro groups is 1. The molecule has 0 fully saturated rings. The maximum Gasteiger partial charge on any atom is 0.292 e. The van der Waals surface area contributed by atoms with Gasteiger partial charge in [0.1, 0.15) is 11.2 Å². The van der Waals surface area contributed by atoms with Crippen LogP contribution in [0.4, 0.5) is 11.4 Å². The smallest absolute Gasteiger partial charge is 0.292 e. The first-order chi connectivity index (χ1) is 9.67. The number of nitrogens with one attached hydrogen (secondary N) is 2. The van der Waals surface area contributed by atoms with Crippen LogP contribution in [-0.4, -0.2) is 22.4 Å². The van der Waals surface area contributed by atoms with Gasteiger partial charge in [0.2, 0.25) is 5.91 Å². The third-order valence-electron chi connectivity index (χ3n) is 3.16. The lowest BCUT2D eigenvalue weighted by Crippen LogP contribution is -2.50. The Morgan fingerprint density at radius 3 is 2.62 bits per heavy atom. The van der Waals surface area contributed by atoms with Crippen molar-refractivity contribution in [2.24, 2.45) is 0 Å². The fourth-order valence-electron chi connectivity index (χ4n) is 1.67. The predicted octanol–water partition coefficient (Wildman–Crippen LogP) is 3.46. The van der Waals surface area contributed by atoms with E-state index in [1.807, 2.05) is 13.8 Å². The molecule has 21 heavy (non-hydrogen) atoms. The number of benzene rings is 1. The highest BCUT2D eigenvalue weighted by molar-refractivity contribution is 9.10. The minimum absolute atomic E-state index is 0.0519. The molecule has 116 valence electrons. The van der Waals surface area contributed by atoms with E-state index >= 15 is 0 Å². The number of hydrogen-bond donors (Lipinski definition) is 2. The summed E-state index contributed by atoms with van der Waals surface area (Å²) in [5, 5.41) is 16.9. The largest absolute Gasteiger partial charge is 0.366 e. The first-order valence-electron chi connectivity index (χ1n) is 6.70. The molecule has 0 aliphatic carbocycles. The molecule has 0 aliphatic rings. The summed E-state index contributed by atoms with van der Waals surface area (Å²) >= 11 is 3.28. The zero-order chi connectivity index (χ0) is 16.2. The molecule has 1 aromatic carbocycles. The third kappa shape index (κ3) is 4.70. The average molecular weight is 358 g/mol. The van der Waals surface area contributed by atoms with Crippen molar-refractivity contribution >= 4 is 33.2 Å². The molecule has 0 saturated carbocycles. The summed E-state index contributed by atoms with van der Waals surface area (Å²) in [4.78, 5) is 22.8. The summed E-state index contributed by atoms with van der Waals surface area (Å²) in [5.74, 6) is -0.203. The molecule has 0 spiro atoms. The van der Waals surface area contributed by atoms with Crippen LogP contribution in [0.15, 0.2) is 22.7 Å². The Kier molecular flexibility index (Phi) is 5.71. The van der Waals surface area contributed by atoms with Crippen molar-refractivity contribution < 1.29 is 9.72 Å². The van der Waals surface area contributed by atoms with Gasteiger partial charge in [-0.15, -0.1) is 0 Å². The molecule has 7 heteroatoms. The van der Waals surface area contributed by atoms with E-state index < -0.39 is 10.5 Å². The van der Waals surface area contributed by atoms with Crippen LogP contribution in [0.5, 0.6) is 0 Å². The molecular formula is C14H20BrN3O3. The molecule has 2 N–H and O–H groups in total. The number of anilines is 1. The van der Waals surface area contributed by atoms with Gasteiger partial charge in [-0.25, -0.2) is 0 Å². The van der Waals surface area contributed by atoms with Gasteiger partial charge in [-0.05, 0) is 39.3 Å². The van der Waals surface area contributed by atoms with Gasteiger partial charge in [0.05, 0.1) is 4.92 Å². The topological polar surface area (TPSA) is 84.3 Å². The summed E-state index contributed by atoms with van der Waals surface area (Å²) in [6.07, 6.45) is 0.818. The van der Waals surface area contributed by atoms with E-state index in [4.69, 9.17) is 0 Å². The van der Waals surface area contributed by atoms with Gasteiger partial charge < -0.3 is 10.6 Å². The van der Waals surface area contributed by atoms with Crippen molar-refractivity contribution in [2.45, 2.75) is 45.7 Å². The number of nitro benzene ring substituents is 1. The summed E-state index contributed by atoms with van der Waals surface area (Å²) in [5.41, 5.74) is -0.726. The number of halogens is 1. The van der Waals surface area contributed by atoms with Crippen molar-refractivity contribution in [3.63, 3.8) is 0 Å². The van der Waals surface area contributed by atoms with Crippen LogP contribution >= 0.6 is 15.9 Å². The van der Waals surface area contributed by atoms with Crippen molar-refractivity contribution in [3.05, 3.63) is 32.8 Å². The Morgan fingerprint density at radius 1 is 1.48 bits per heavy atom. The highest BCUT2D eigenvalue weighted by Gasteiger charge is 2.30.